The van der Waals surface area contributed by atoms with Crippen molar-refractivity contribution in [1.29, 1.82) is 5.26 Å². The lowest BCUT2D eigenvalue weighted by molar-refractivity contribution is -0.119. The van der Waals surface area contributed by atoms with E-state index in [1.54, 1.807) is 41.7 Å². The molecule has 4 rings (SSSR count). The highest BCUT2D eigenvalue weighted by Gasteiger charge is 2.44. The number of anilines is 1. The van der Waals surface area contributed by atoms with Crippen molar-refractivity contribution < 1.29 is 9.59 Å². The molecule has 0 fully saturated rings. The van der Waals surface area contributed by atoms with Gasteiger partial charge >= 0.3 is 0 Å². The average molecular weight is 430 g/mol. The van der Waals surface area contributed by atoms with Gasteiger partial charge in [0.05, 0.1) is 23.2 Å². The Morgan fingerprint density at radius 3 is 2.58 bits per heavy atom. The van der Waals surface area contributed by atoms with Gasteiger partial charge in [-0.05, 0) is 41.1 Å². The molecule has 3 aromatic rings. The van der Waals surface area contributed by atoms with E-state index < -0.39 is 12.0 Å². The van der Waals surface area contributed by atoms with Crippen LogP contribution in [0, 0.1) is 17.2 Å². The molecule has 1 aliphatic rings. The van der Waals surface area contributed by atoms with E-state index >= 15 is 0 Å². The summed E-state index contributed by atoms with van der Waals surface area (Å²) in [5.41, 5.74) is 2.16. The van der Waals surface area contributed by atoms with Crippen LogP contribution in [0.5, 0.6) is 0 Å². The highest BCUT2D eigenvalue weighted by atomic mass is 32.1. The molecule has 0 unspecified atom stereocenters. The highest BCUT2D eigenvalue weighted by molar-refractivity contribution is 7.10. The van der Waals surface area contributed by atoms with E-state index in [4.69, 9.17) is 0 Å². The van der Waals surface area contributed by atoms with Crippen LogP contribution < -0.4 is 5.32 Å². The van der Waals surface area contributed by atoms with Crippen LogP contribution in [-0.2, 0) is 4.79 Å². The van der Waals surface area contributed by atoms with E-state index in [-0.39, 0.29) is 17.7 Å². The largest absolute Gasteiger partial charge is 0.329 e. The average Bonchev–Trinajstić information content (AvgIpc) is 3.30. The van der Waals surface area contributed by atoms with Gasteiger partial charge in [0, 0.05) is 17.0 Å². The lowest BCUT2D eigenvalue weighted by atomic mass is 9.81. The molecule has 2 atom stereocenters. The van der Waals surface area contributed by atoms with Gasteiger partial charge in [0.15, 0.2) is 0 Å². The summed E-state index contributed by atoms with van der Waals surface area (Å²) in [5, 5.41) is 14.3. The fourth-order valence-electron chi connectivity index (χ4n) is 4.15. The SMILES string of the molecule is CC(C)CN1C(=O)c2ccccc2[C@H](C(=O)Nc2ccccc2C#N)[C@H]1c1cccs1. The van der Waals surface area contributed by atoms with Crippen LogP contribution in [0.2, 0.25) is 0 Å². The molecule has 2 heterocycles. The van der Waals surface area contributed by atoms with Crippen molar-refractivity contribution in [3.05, 3.63) is 87.6 Å². The second-order valence-corrected chi connectivity index (χ2v) is 9.00. The molecule has 1 aromatic heterocycles. The molecule has 31 heavy (non-hydrogen) atoms. The Kier molecular flexibility index (Phi) is 5.88. The fourth-order valence-corrected chi connectivity index (χ4v) is 5.02. The number of para-hydroxylation sites is 1. The Hall–Kier alpha value is -3.43. The first-order valence-corrected chi connectivity index (χ1v) is 11.1. The highest BCUT2D eigenvalue weighted by Crippen LogP contribution is 2.45. The molecule has 0 spiro atoms. The van der Waals surface area contributed by atoms with Crippen molar-refractivity contribution in [2.24, 2.45) is 5.92 Å². The molecule has 0 bridgehead atoms. The summed E-state index contributed by atoms with van der Waals surface area (Å²) in [4.78, 5) is 29.9. The van der Waals surface area contributed by atoms with Crippen LogP contribution in [0.15, 0.2) is 66.0 Å². The molecular formula is C25H23N3O2S. The monoisotopic (exact) mass is 429 g/mol. The molecular weight excluding hydrogens is 406 g/mol. The summed E-state index contributed by atoms with van der Waals surface area (Å²) in [7, 11) is 0. The summed E-state index contributed by atoms with van der Waals surface area (Å²) in [6.07, 6.45) is 0. The van der Waals surface area contributed by atoms with E-state index in [0.717, 1.165) is 10.4 Å². The molecule has 0 saturated heterocycles. The summed E-state index contributed by atoms with van der Waals surface area (Å²) < 4.78 is 0. The summed E-state index contributed by atoms with van der Waals surface area (Å²) >= 11 is 1.55. The topological polar surface area (TPSA) is 73.2 Å². The Balaban J connectivity index is 1.83. The van der Waals surface area contributed by atoms with Crippen molar-refractivity contribution in [3.63, 3.8) is 0 Å². The number of thiophene rings is 1. The minimum absolute atomic E-state index is 0.0517. The van der Waals surface area contributed by atoms with E-state index in [1.165, 1.54) is 0 Å². The third-order valence-electron chi connectivity index (χ3n) is 5.42. The van der Waals surface area contributed by atoms with Crippen molar-refractivity contribution in [3.8, 4) is 6.07 Å². The zero-order valence-electron chi connectivity index (χ0n) is 17.4. The maximum absolute atomic E-state index is 13.7. The van der Waals surface area contributed by atoms with Crippen LogP contribution in [0.4, 0.5) is 5.69 Å². The first kappa shape index (κ1) is 20.8. The molecule has 6 heteroatoms. The minimum Gasteiger partial charge on any atom is -0.329 e. The van der Waals surface area contributed by atoms with Crippen LogP contribution in [0.25, 0.3) is 0 Å². The summed E-state index contributed by atoms with van der Waals surface area (Å²) in [6, 6.07) is 19.9. The number of hydrogen-bond acceptors (Lipinski definition) is 4. The second-order valence-electron chi connectivity index (χ2n) is 8.02. The van der Waals surface area contributed by atoms with E-state index in [0.29, 0.717) is 23.4 Å². The molecule has 1 N–H and O–H groups in total. The molecule has 2 amide bonds. The number of nitriles is 1. The molecule has 5 nitrogen and oxygen atoms in total. The quantitative estimate of drug-likeness (QED) is 0.606. The number of rotatable bonds is 5. The first-order chi connectivity index (χ1) is 15.0. The van der Waals surface area contributed by atoms with Crippen molar-refractivity contribution >= 4 is 28.8 Å². The number of fused-ring (bicyclic) bond motifs is 1. The van der Waals surface area contributed by atoms with Gasteiger partial charge < -0.3 is 10.2 Å². The second kappa shape index (κ2) is 8.75. The normalized spacial score (nSPS) is 17.9. The summed E-state index contributed by atoms with van der Waals surface area (Å²) in [6.45, 7) is 4.68. The predicted molar refractivity (Wildman–Crippen MR) is 122 cm³/mol. The van der Waals surface area contributed by atoms with Gasteiger partial charge in [-0.2, -0.15) is 5.26 Å². The van der Waals surface area contributed by atoms with E-state index in [1.807, 2.05) is 40.6 Å². The van der Waals surface area contributed by atoms with Crippen LogP contribution >= 0.6 is 11.3 Å². The lowest BCUT2D eigenvalue weighted by Crippen LogP contribution is -2.47. The van der Waals surface area contributed by atoms with Gasteiger partial charge in [0.25, 0.3) is 5.91 Å². The third-order valence-corrected chi connectivity index (χ3v) is 6.37. The molecule has 0 radical (unpaired) electrons. The van der Waals surface area contributed by atoms with Gasteiger partial charge in [-0.1, -0.05) is 50.2 Å². The fraction of sp³-hybridized carbons (Fsp3) is 0.240. The molecule has 2 aromatic carbocycles. The minimum atomic E-state index is -0.585. The Morgan fingerprint density at radius 1 is 1.13 bits per heavy atom. The number of nitrogens with one attached hydrogen (secondary N) is 1. The molecule has 156 valence electrons. The number of hydrogen-bond donors (Lipinski definition) is 1. The zero-order chi connectivity index (χ0) is 22.0. The van der Waals surface area contributed by atoms with E-state index in [2.05, 4.69) is 25.2 Å². The van der Waals surface area contributed by atoms with Crippen LogP contribution in [0.3, 0.4) is 0 Å². The predicted octanol–water partition coefficient (Wildman–Crippen LogP) is 5.20. The van der Waals surface area contributed by atoms with Gasteiger partial charge in [-0.15, -0.1) is 11.3 Å². The summed E-state index contributed by atoms with van der Waals surface area (Å²) in [5.74, 6) is -0.614. The van der Waals surface area contributed by atoms with Crippen LogP contribution in [0.1, 0.15) is 52.2 Å². The maximum Gasteiger partial charge on any atom is 0.254 e. The van der Waals surface area contributed by atoms with Gasteiger partial charge in [-0.3, -0.25) is 9.59 Å². The van der Waals surface area contributed by atoms with Crippen molar-refractivity contribution in [2.45, 2.75) is 25.8 Å². The number of amides is 2. The molecule has 1 aliphatic heterocycles. The Morgan fingerprint density at radius 2 is 1.87 bits per heavy atom. The number of carbonyl (C=O) groups is 2. The standard InChI is InChI=1S/C25H23N3O2S/c1-16(2)15-28-23(21-12-7-13-31-21)22(18-9-4-5-10-19(18)25(28)30)24(29)27-20-11-6-3-8-17(20)14-26/h3-13,16,22-23H,15H2,1-2H3,(H,27,29)/t22-,23+/m0/s1. The van der Waals surface area contributed by atoms with E-state index in [9.17, 15) is 14.9 Å². The molecule has 0 aliphatic carbocycles. The first-order valence-electron chi connectivity index (χ1n) is 10.2. The van der Waals surface area contributed by atoms with Crippen molar-refractivity contribution in [1.82, 2.24) is 4.90 Å². The van der Waals surface area contributed by atoms with Gasteiger partial charge in [0.2, 0.25) is 5.91 Å². The zero-order valence-corrected chi connectivity index (χ0v) is 18.2. The maximum atomic E-state index is 13.7. The Labute approximate surface area is 185 Å². The Bertz CT molecular complexity index is 1150. The van der Waals surface area contributed by atoms with Crippen molar-refractivity contribution in [2.75, 3.05) is 11.9 Å². The number of carbonyl (C=O) groups excluding carboxylic acids is 2. The third kappa shape index (κ3) is 3.97. The van der Waals surface area contributed by atoms with Gasteiger partial charge in [0.1, 0.15) is 6.07 Å². The van der Waals surface area contributed by atoms with Gasteiger partial charge in [-0.25, -0.2) is 0 Å². The van der Waals surface area contributed by atoms with Crippen LogP contribution in [-0.4, -0.2) is 23.3 Å². The number of nitrogens with zero attached hydrogens (tertiary/aromatic N) is 2. The molecule has 0 saturated carbocycles. The number of benzene rings is 2. The smallest absolute Gasteiger partial charge is 0.254 e. The lowest BCUT2D eigenvalue weighted by Gasteiger charge is -2.42.